The zero-order valence-electron chi connectivity index (χ0n) is 6.97. The van der Waals surface area contributed by atoms with Gasteiger partial charge in [-0.1, -0.05) is 21.5 Å². The Balaban J connectivity index is 1.98. The van der Waals surface area contributed by atoms with Gasteiger partial charge in [-0.2, -0.15) is 0 Å². The molecule has 1 saturated heterocycles. The van der Waals surface area contributed by atoms with E-state index in [1.54, 1.807) is 0 Å². The monoisotopic (exact) mass is 169 g/mol. The van der Waals surface area contributed by atoms with Gasteiger partial charge in [-0.15, -0.1) is 0 Å². The summed E-state index contributed by atoms with van der Waals surface area (Å²) in [6, 6.07) is 0. The van der Waals surface area contributed by atoms with Gasteiger partial charge in [0.15, 0.2) is 0 Å². The van der Waals surface area contributed by atoms with Crippen LogP contribution in [0, 0.1) is 5.41 Å². The molecule has 11 heavy (non-hydrogen) atoms. The van der Waals surface area contributed by atoms with Crippen LogP contribution in [0.3, 0.4) is 0 Å². The van der Waals surface area contributed by atoms with E-state index in [0.717, 1.165) is 0 Å². The molecule has 62 valence electrons. The third kappa shape index (κ3) is 1.37. The van der Waals surface area contributed by atoms with Crippen LogP contribution in [0.4, 0.5) is 0 Å². The molecule has 1 heterocycles. The molecule has 1 spiro atoms. The molecule has 2 heteroatoms. The predicted octanol–water partition coefficient (Wildman–Crippen LogP) is 2.21. The molecule has 0 bridgehead atoms. The summed E-state index contributed by atoms with van der Waals surface area (Å²) in [6.45, 7) is 6.64. The zero-order chi connectivity index (χ0) is 7.90. The van der Waals surface area contributed by atoms with Gasteiger partial charge in [-0.05, 0) is 25.7 Å². The molecule has 1 aliphatic heterocycles. The summed E-state index contributed by atoms with van der Waals surface area (Å²) in [4.78, 5) is 0. The minimum Gasteiger partial charge on any atom is -0.286 e. The van der Waals surface area contributed by atoms with Gasteiger partial charge >= 0.3 is 0 Å². The Hall–Kier alpha value is 0.130. The Morgan fingerprint density at radius 1 is 1.45 bits per heavy atom. The smallest absolute Gasteiger partial charge is 0.00885 e. The van der Waals surface area contributed by atoms with Gasteiger partial charge in [0.05, 0.1) is 0 Å². The molecule has 1 nitrogen and oxygen atoms in total. The number of nitrogens with zero attached hydrogens (tertiary/aromatic N) is 1. The summed E-state index contributed by atoms with van der Waals surface area (Å²) in [5, 5.41) is 0. The Morgan fingerprint density at radius 2 is 2.18 bits per heavy atom. The van der Waals surface area contributed by atoms with Crippen molar-refractivity contribution in [1.29, 1.82) is 0 Å². The highest BCUT2D eigenvalue weighted by Crippen LogP contribution is 2.46. The van der Waals surface area contributed by atoms with Crippen LogP contribution in [0.1, 0.15) is 25.7 Å². The normalized spacial score (nSPS) is 30.5. The standard InChI is InChI=1S/C9H16NP/c1-8-3-2-4-9(5-8)6-10(11)7-9/h1-7,11H2. The van der Waals surface area contributed by atoms with Crippen molar-refractivity contribution in [2.24, 2.45) is 5.41 Å². The number of hydrogen-bond acceptors (Lipinski definition) is 1. The highest BCUT2D eigenvalue weighted by atomic mass is 31.0. The van der Waals surface area contributed by atoms with Gasteiger partial charge in [0.1, 0.15) is 0 Å². The topological polar surface area (TPSA) is 3.24 Å². The number of allylic oxidation sites excluding steroid dienone is 1. The number of hydrogen-bond donors (Lipinski definition) is 0. The van der Waals surface area contributed by atoms with E-state index in [4.69, 9.17) is 0 Å². The SMILES string of the molecule is C=C1CCCC2(C1)CN(P)C2. The van der Waals surface area contributed by atoms with E-state index in [1.165, 1.54) is 44.3 Å². The van der Waals surface area contributed by atoms with Crippen molar-refractivity contribution in [2.75, 3.05) is 13.1 Å². The summed E-state index contributed by atoms with van der Waals surface area (Å²) in [5.74, 6) is 0. The lowest BCUT2D eigenvalue weighted by molar-refractivity contribution is 0.0552. The van der Waals surface area contributed by atoms with E-state index in [1.807, 2.05) is 0 Å². The molecule has 1 aliphatic carbocycles. The molecule has 2 rings (SSSR count). The van der Waals surface area contributed by atoms with E-state index in [0.29, 0.717) is 5.41 Å². The molecule has 0 aromatic carbocycles. The van der Waals surface area contributed by atoms with Crippen LogP contribution in [0.25, 0.3) is 0 Å². The summed E-state index contributed by atoms with van der Waals surface area (Å²) in [6.07, 6.45) is 5.37. The fourth-order valence-corrected chi connectivity index (χ4v) is 3.28. The van der Waals surface area contributed by atoms with Crippen LogP contribution >= 0.6 is 9.39 Å². The van der Waals surface area contributed by atoms with Gasteiger partial charge in [-0.25, -0.2) is 0 Å². The van der Waals surface area contributed by atoms with Crippen molar-refractivity contribution in [3.05, 3.63) is 12.2 Å². The van der Waals surface area contributed by atoms with Crippen LogP contribution in [0.5, 0.6) is 0 Å². The molecule has 1 atom stereocenters. The van der Waals surface area contributed by atoms with Gasteiger partial charge in [0.2, 0.25) is 0 Å². The van der Waals surface area contributed by atoms with Crippen molar-refractivity contribution in [2.45, 2.75) is 25.7 Å². The Labute approximate surface area is 71.1 Å². The third-order valence-electron chi connectivity index (χ3n) is 2.94. The first-order valence-corrected chi connectivity index (χ1v) is 4.88. The van der Waals surface area contributed by atoms with Crippen LogP contribution in [-0.2, 0) is 0 Å². The minimum absolute atomic E-state index is 0.650. The first-order valence-electron chi connectivity index (χ1n) is 4.37. The molecular weight excluding hydrogens is 153 g/mol. The molecule has 1 unspecified atom stereocenters. The van der Waals surface area contributed by atoms with Crippen LogP contribution in [-0.4, -0.2) is 17.8 Å². The summed E-state index contributed by atoms with van der Waals surface area (Å²) < 4.78 is 2.33. The Kier molecular flexibility index (Phi) is 1.81. The quantitative estimate of drug-likeness (QED) is 0.397. The van der Waals surface area contributed by atoms with E-state index in [-0.39, 0.29) is 0 Å². The highest BCUT2D eigenvalue weighted by Gasteiger charge is 2.42. The molecule has 0 aromatic heterocycles. The van der Waals surface area contributed by atoms with Gasteiger partial charge in [-0.3, -0.25) is 4.67 Å². The van der Waals surface area contributed by atoms with Crippen molar-refractivity contribution in [1.82, 2.24) is 4.67 Å². The molecule has 0 aromatic rings. The highest BCUT2D eigenvalue weighted by molar-refractivity contribution is 7.13. The van der Waals surface area contributed by atoms with Crippen LogP contribution in [0.2, 0.25) is 0 Å². The maximum absolute atomic E-state index is 4.09. The van der Waals surface area contributed by atoms with E-state index in [9.17, 15) is 0 Å². The second-order valence-corrected chi connectivity index (χ2v) is 4.92. The molecule has 0 radical (unpaired) electrons. The molecule has 2 fully saturated rings. The molecule has 0 N–H and O–H groups in total. The summed E-state index contributed by atoms with van der Waals surface area (Å²) >= 11 is 0. The van der Waals surface area contributed by atoms with E-state index < -0.39 is 0 Å². The summed E-state index contributed by atoms with van der Waals surface area (Å²) in [5.41, 5.74) is 2.13. The Morgan fingerprint density at radius 3 is 2.73 bits per heavy atom. The molecule has 2 aliphatic rings. The first kappa shape index (κ1) is 7.76. The van der Waals surface area contributed by atoms with E-state index >= 15 is 0 Å². The van der Waals surface area contributed by atoms with Crippen LogP contribution in [0.15, 0.2) is 12.2 Å². The largest absolute Gasteiger partial charge is 0.286 e. The van der Waals surface area contributed by atoms with Crippen LogP contribution < -0.4 is 0 Å². The number of rotatable bonds is 0. The predicted molar refractivity (Wildman–Crippen MR) is 51.3 cm³/mol. The maximum atomic E-state index is 4.09. The minimum atomic E-state index is 0.650. The van der Waals surface area contributed by atoms with Crippen molar-refractivity contribution < 1.29 is 0 Å². The lowest BCUT2D eigenvalue weighted by Gasteiger charge is -2.51. The second kappa shape index (κ2) is 2.57. The van der Waals surface area contributed by atoms with Gasteiger partial charge in [0.25, 0.3) is 0 Å². The fourth-order valence-electron chi connectivity index (χ4n) is 2.51. The Bertz CT molecular complexity index is 176. The second-order valence-electron chi connectivity index (χ2n) is 4.19. The summed E-state index contributed by atoms with van der Waals surface area (Å²) in [7, 11) is 2.78. The van der Waals surface area contributed by atoms with E-state index in [2.05, 4.69) is 20.6 Å². The average molecular weight is 169 g/mol. The molecular formula is C9H16NP. The van der Waals surface area contributed by atoms with Gasteiger partial charge in [0, 0.05) is 18.5 Å². The third-order valence-corrected chi connectivity index (χ3v) is 3.30. The molecule has 1 saturated carbocycles. The average Bonchev–Trinajstić information content (AvgIpc) is 1.84. The lowest BCUT2D eigenvalue weighted by atomic mass is 9.68. The fraction of sp³-hybridized carbons (Fsp3) is 0.778. The van der Waals surface area contributed by atoms with Crippen molar-refractivity contribution in [3.8, 4) is 0 Å². The zero-order valence-corrected chi connectivity index (χ0v) is 8.13. The first-order chi connectivity index (χ1) is 5.20. The lowest BCUT2D eigenvalue weighted by Crippen LogP contribution is -2.52. The van der Waals surface area contributed by atoms with Gasteiger partial charge < -0.3 is 0 Å². The molecule has 0 amide bonds. The maximum Gasteiger partial charge on any atom is 0.00885 e. The van der Waals surface area contributed by atoms with Crippen molar-refractivity contribution >= 4 is 9.39 Å². The van der Waals surface area contributed by atoms with Crippen molar-refractivity contribution in [3.63, 3.8) is 0 Å².